The fourth-order valence-corrected chi connectivity index (χ4v) is 4.78. The molecule has 0 bridgehead atoms. The van der Waals surface area contributed by atoms with Gasteiger partial charge in [0.15, 0.2) is 0 Å². The molecule has 2 N–H and O–H groups in total. The predicted octanol–water partition coefficient (Wildman–Crippen LogP) is 2.28. The SMILES string of the molecule is CCCNCc1cc(S(=O)(=O)NC(C)CSC)cs1. The average molecular weight is 323 g/mol. The Morgan fingerprint density at radius 2 is 2.21 bits per heavy atom. The molecule has 4 nitrogen and oxygen atoms in total. The maximum atomic E-state index is 12.1. The predicted molar refractivity (Wildman–Crippen MR) is 84.5 cm³/mol. The molecular weight excluding hydrogens is 300 g/mol. The standard InChI is InChI=1S/C12H22N2O2S3/c1-4-5-13-7-11-6-12(9-18-11)19(15,16)14-10(2)8-17-3/h6,9-10,13-14H,4-5,7-8H2,1-3H3. The third-order valence-electron chi connectivity index (χ3n) is 2.44. The fraction of sp³-hybridized carbons (Fsp3) is 0.667. The average Bonchev–Trinajstić information content (AvgIpc) is 2.78. The smallest absolute Gasteiger partial charge is 0.241 e. The van der Waals surface area contributed by atoms with E-state index in [1.165, 1.54) is 11.3 Å². The highest BCUT2D eigenvalue weighted by atomic mass is 32.2. The quantitative estimate of drug-likeness (QED) is 0.685. The van der Waals surface area contributed by atoms with Crippen LogP contribution < -0.4 is 10.0 Å². The van der Waals surface area contributed by atoms with E-state index < -0.39 is 10.0 Å². The molecule has 0 aliphatic carbocycles. The summed E-state index contributed by atoms with van der Waals surface area (Å²) in [6.45, 7) is 5.66. The third-order valence-corrected chi connectivity index (χ3v) is 5.93. The van der Waals surface area contributed by atoms with Crippen LogP contribution in [-0.2, 0) is 16.6 Å². The molecule has 19 heavy (non-hydrogen) atoms. The molecule has 0 aliphatic heterocycles. The monoisotopic (exact) mass is 322 g/mol. The maximum Gasteiger partial charge on any atom is 0.241 e. The van der Waals surface area contributed by atoms with Gasteiger partial charge in [-0.25, -0.2) is 13.1 Å². The minimum atomic E-state index is -3.37. The Kier molecular flexibility index (Phi) is 7.38. The molecule has 7 heteroatoms. The molecule has 0 aliphatic rings. The van der Waals surface area contributed by atoms with E-state index in [9.17, 15) is 8.42 Å². The summed E-state index contributed by atoms with van der Waals surface area (Å²) in [6.07, 6.45) is 3.04. The first kappa shape index (κ1) is 17.0. The van der Waals surface area contributed by atoms with Crippen LogP contribution in [0.1, 0.15) is 25.1 Å². The minimum absolute atomic E-state index is 0.0541. The first-order chi connectivity index (χ1) is 8.99. The van der Waals surface area contributed by atoms with E-state index in [-0.39, 0.29) is 6.04 Å². The molecule has 1 rings (SSSR count). The van der Waals surface area contributed by atoms with Crippen LogP contribution in [0.4, 0.5) is 0 Å². The van der Waals surface area contributed by atoms with Gasteiger partial charge in [-0.3, -0.25) is 0 Å². The zero-order chi connectivity index (χ0) is 14.3. The number of sulfonamides is 1. The van der Waals surface area contributed by atoms with Crippen molar-refractivity contribution in [2.24, 2.45) is 0 Å². The van der Waals surface area contributed by atoms with E-state index in [1.54, 1.807) is 23.2 Å². The Balaban J connectivity index is 2.63. The second-order valence-corrected chi connectivity index (χ2v) is 8.02. The van der Waals surface area contributed by atoms with E-state index in [2.05, 4.69) is 17.0 Å². The Morgan fingerprint density at radius 1 is 1.47 bits per heavy atom. The normalized spacial score (nSPS) is 13.6. The van der Waals surface area contributed by atoms with Crippen molar-refractivity contribution in [2.75, 3.05) is 18.6 Å². The van der Waals surface area contributed by atoms with Crippen molar-refractivity contribution in [3.63, 3.8) is 0 Å². The Labute approximate surface area is 124 Å². The zero-order valence-electron chi connectivity index (χ0n) is 11.6. The van der Waals surface area contributed by atoms with Crippen LogP contribution in [0.25, 0.3) is 0 Å². The number of rotatable bonds is 9. The summed E-state index contributed by atoms with van der Waals surface area (Å²) < 4.78 is 26.9. The van der Waals surface area contributed by atoms with Crippen molar-refractivity contribution in [3.8, 4) is 0 Å². The van der Waals surface area contributed by atoms with Crippen LogP contribution in [0.2, 0.25) is 0 Å². The van der Waals surface area contributed by atoms with Crippen molar-refractivity contribution in [1.29, 1.82) is 0 Å². The minimum Gasteiger partial charge on any atom is -0.312 e. The summed E-state index contributed by atoms with van der Waals surface area (Å²) in [5.74, 6) is 0.772. The van der Waals surface area contributed by atoms with Crippen molar-refractivity contribution >= 4 is 33.1 Å². The molecule has 1 aromatic heterocycles. The van der Waals surface area contributed by atoms with Gasteiger partial charge in [0.05, 0.1) is 4.90 Å². The van der Waals surface area contributed by atoms with Crippen LogP contribution in [0.5, 0.6) is 0 Å². The van der Waals surface area contributed by atoms with Gasteiger partial charge in [0.2, 0.25) is 10.0 Å². The third kappa shape index (κ3) is 5.83. The summed E-state index contributed by atoms with van der Waals surface area (Å²) >= 11 is 3.11. The first-order valence-electron chi connectivity index (χ1n) is 6.29. The molecule has 0 saturated carbocycles. The Morgan fingerprint density at radius 3 is 2.84 bits per heavy atom. The van der Waals surface area contributed by atoms with Crippen molar-refractivity contribution < 1.29 is 8.42 Å². The van der Waals surface area contributed by atoms with Gasteiger partial charge in [-0.2, -0.15) is 11.8 Å². The van der Waals surface area contributed by atoms with Crippen LogP contribution in [0.3, 0.4) is 0 Å². The molecule has 0 spiro atoms. The van der Waals surface area contributed by atoms with Crippen LogP contribution in [-0.4, -0.2) is 33.0 Å². The molecule has 0 fully saturated rings. The first-order valence-corrected chi connectivity index (χ1v) is 10.0. The molecule has 0 amide bonds. The number of hydrogen-bond acceptors (Lipinski definition) is 5. The Hall–Kier alpha value is -0.0800. The number of thiophene rings is 1. The van der Waals surface area contributed by atoms with E-state index in [4.69, 9.17) is 0 Å². The van der Waals surface area contributed by atoms with Gasteiger partial charge >= 0.3 is 0 Å². The summed E-state index contributed by atoms with van der Waals surface area (Å²) in [6, 6.07) is 1.70. The molecule has 110 valence electrons. The number of hydrogen-bond donors (Lipinski definition) is 2. The van der Waals surface area contributed by atoms with E-state index >= 15 is 0 Å². The molecule has 0 saturated heterocycles. The highest BCUT2D eigenvalue weighted by molar-refractivity contribution is 7.98. The largest absolute Gasteiger partial charge is 0.312 e. The lowest BCUT2D eigenvalue weighted by Crippen LogP contribution is -2.34. The summed E-state index contributed by atoms with van der Waals surface area (Å²) in [7, 11) is -3.37. The second kappa shape index (κ2) is 8.26. The molecular formula is C12H22N2O2S3. The van der Waals surface area contributed by atoms with Gasteiger partial charge in [-0.05, 0) is 32.2 Å². The fourth-order valence-electron chi connectivity index (χ4n) is 1.60. The Bertz CT molecular complexity index is 471. The summed E-state index contributed by atoms with van der Waals surface area (Å²) in [5.41, 5.74) is 0. The van der Waals surface area contributed by atoms with Gasteiger partial charge in [-0.1, -0.05) is 6.92 Å². The lowest BCUT2D eigenvalue weighted by molar-refractivity contribution is 0.571. The molecule has 1 aromatic rings. The zero-order valence-corrected chi connectivity index (χ0v) is 14.1. The number of nitrogens with one attached hydrogen (secondary N) is 2. The van der Waals surface area contributed by atoms with Crippen LogP contribution in [0, 0.1) is 0 Å². The maximum absolute atomic E-state index is 12.1. The van der Waals surface area contributed by atoms with Crippen molar-refractivity contribution in [2.45, 2.75) is 37.8 Å². The van der Waals surface area contributed by atoms with Crippen molar-refractivity contribution in [1.82, 2.24) is 10.0 Å². The van der Waals surface area contributed by atoms with E-state index in [0.717, 1.165) is 30.1 Å². The molecule has 0 radical (unpaired) electrons. The molecule has 1 unspecified atom stereocenters. The van der Waals surface area contributed by atoms with Crippen LogP contribution in [0.15, 0.2) is 16.3 Å². The van der Waals surface area contributed by atoms with Gasteiger partial charge in [0.1, 0.15) is 0 Å². The van der Waals surface area contributed by atoms with Crippen molar-refractivity contribution in [3.05, 3.63) is 16.3 Å². The van der Waals surface area contributed by atoms with E-state index in [0.29, 0.717) is 4.90 Å². The summed E-state index contributed by atoms with van der Waals surface area (Å²) in [5, 5.41) is 4.97. The molecule has 1 heterocycles. The molecule has 1 atom stereocenters. The lowest BCUT2D eigenvalue weighted by atomic mass is 10.4. The lowest BCUT2D eigenvalue weighted by Gasteiger charge is -2.11. The van der Waals surface area contributed by atoms with E-state index in [1.807, 2.05) is 13.2 Å². The number of thioether (sulfide) groups is 1. The topological polar surface area (TPSA) is 58.2 Å². The van der Waals surface area contributed by atoms with Gasteiger partial charge in [0, 0.05) is 28.6 Å². The van der Waals surface area contributed by atoms with Gasteiger partial charge in [0.25, 0.3) is 0 Å². The van der Waals surface area contributed by atoms with Gasteiger partial charge < -0.3 is 5.32 Å². The highest BCUT2D eigenvalue weighted by Crippen LogP contribution is 2.19. The second-order valence-electron chi connectivity index (χ2n) is 4.40. The molecule has 0 aromatic carbocycles. The van der Waals surface area contributed by atoms with Crippen LogP contribution >= 0.6 is 23.1 Å². The summed E-state index contributed by atoms with van der Waals surface area (Å²) in [4.78, 5) is 1.42. The highest BCUT2D eigenvalue weighted by Gasteiger charge is 2.18. The van der Waals surface area contributed by atoms with Gasteiger partial charge in [-0.15, -0.1) is 11.3 Å².